The van der Waals surface area contributed by atoms with Gasteiger partial charge in [-0.15, -0.1) is 5.56 Å². The van der Waals surface area contributed by atoms with Crippen LogP contribution in [0.4, 0.5) is 8.78 Å². The molecule has 0 fully saturated rings. The fourth-order valence-corrected chi connectivity index (χ4v) is 1.29. The maximum Gasteiger partial charge on any atom is 2.00 e. The molecule has 0 nitrogen and oxygen atoms in total. The summed E-state index contributed by atoms with van der Waals surface area (Å²) in [4.78, 5) is 0. The molecule has 0 aliphatic rings. The van der Waals surface area contributed by atoms with Crippen LogP contribution in [0.15, 0.2) is 42.5 Å². The summed E-state index contributed by atoms with van der Waals surface area (Å²) in [6.07, 6.45) is 0. The molecule has 0 radical (unpaired) electrons. The summed E-state index contributed by atoms with van der Waals surface area (Å²) in [5, 5.41) is 0. The summed E-state index contributed by atoms with van der Waals surface area (Å²) < 4.78 is 25.9. The van der Waals surface area contributed by atoms with E-state index in [2.05, 4.69) is 6.07 Å². The molecule has 0 atom stereocenters. The number of rotatable bonds is 1. The zero-order valence-electron chi connectivity index (χ0n) is 8.38. The van der Waals surface area contributed by atoms with Gasteiger partial charge in [0.2, 0.25) is 0 Å². The summed E-state index contributed by atoms with van der Waals surface area (Å²) in [6, 6.07) is 13.2. The van der Waals surface area contributed by atoms with Crippen molar-refractivity contribution in [2.75, 3.05) is 0 Å². The van der Waals surface area contributed by atoms with Gasteiger partial charge in [0, 0.05) is 6.07 Å². The van der Waals surface area contributed by atoms with Crippen LogP contribution in [0, 0.1) is 17.7 Å². The average molecular weight is 293 g/mol. The van der Waals surface area contributed by atoms with E-state index in [1.807, 2.05) is 0 Å². The van der Waals surface area contributed by atoms with Gasteiger partial charge in [-0.25, -0.2) is 8.78 Å². The SMILES string of the molecule is Fc1ccc(-c2cc[c-]cc2)c(F)c1.[Br-].[Mg+2]. The number of benzene rings is 2. The van der Waals surface area contributed by atoms with E-state index in [-0.39, 0.29) is 40.0 Å². The van der Waals surface area contributed by atoms with Gasteiger partial charge >= 0.3 is 23.1 Å². The molecule has 2 rings (SSSR count). The van der Waals surface area contributed by atoms with E-state index in [0.29, 0.717) is 5.56 Å². The van der Waals surface area contributed by atoms with Crippen LogP contribution in [0.1, 0.15) is 0 Å². The predicted octanol–water partition coefficient (Wildman–Crippen LogP) is 0.0552. The summed E-state index contributed by atoms with van der Waals surface area (Å²) in [7, 11) is 0. The van der Waals surface area contributed by atoms with Crippen LogP contribution < -0.4 is 17.0 Å². The number of hydrogen-bond acceptors (Lipinski definition) is 0. The Kier molecular flexibility index (Phi) is 6.79. The average Bonchev–Trinajstić information content (AvgIpc) is 2.19. The Labute approximate surface area is 120 Å². The van der Waals surface area contributed by atoms with Crippen molar-refractivity contribution in [2.45, 2.75) is 0 Å². The first-order chi connectivity index (χ1) is 6.77. The molecule has 4 heteroatoms. The fraction of sp³-hybridized carbons (Fsp3) is 0. The fourth-order valence-electron chi connectivity index (χ4n) is 1.29. The molecule has 0 saturated heterocycles. The van der Waals surface area contributed by atoms with Gasteiger partial charge in [-0.1, -0.05) is 6.07 Å². The smallest absolute Gasteiger partial charge is 1.00 e. The van der Waals surface area contributed by atoms with Crippen molar-refractivity contribution in [3.63, 3.8) is 0 Å². The Morgan fingerprint density at radius 1 is 0.938 bits per heavy atom. The van der Waals surface area contributed by atoms with Crippen LogP contribution in [0.25, 0.3) is 11.1 Å². The molecular weight excluding hydrogens is 286 g/mol. The Hall–Kier alpha value is -0.454. The molecule has 0 aliphatic heterocycles. The second kappa shape index (κ2) is 6.99. The van der Waals surface area contributed by atoms with Crippen molar-refractivity contribution in [2.24, 2.45) is 0 Å². The standard InChI is InChI=1S/C12H7F2.BrH.Mg/c13-10-6-7-11(12(14)8-10)9-4-2-1-3-5-9;;/h2-8H;1H;/q-1;;+2/p-1. The van der Waals surface area contributed by atoms with E-state index < -0.39 is 11.6 Å². The quantitative estimate of drug-likeness (QED) is 0.515. The van der Waals surface area contributed by atoms with Gasteiger partial charge in [-0.2, -0.15) is 30.3 Å². The Bertz CT molecular complexity index is 446. The molecule has 0 aromatic heterocycles. The first kappa shape index (κ1) is 15.5. The van der Waals surface area contributed by atoms with Gasteiger partial charge in [-0.3, -0.25) is 0 Å². The molecule has 0 spiro atoms. The molecule has 0 aliphatic carbocycles. The summed E-state index contributed by atoms with van der Waals surface area (Å²) in [5.41, 5.74) is 1.13. The Balaban J connectivity index is 0.00000112. The van der Waals surface area contributed by atoms with Gasteiger partial charge in [0.1, 0.15) is 11.6 Å². The summed E-state index contributed by atoms with van der Waals surface area (Å²) in [5.74, 6) is -1.11. The van der Waals surface area contributed by atoms with E-state index in [9.17, 15) is 8.78 Å². The molecule has 2 aromatic rings. The molecule has 0 saturated carbocycles. The van der Waals surface area contributed by atoms with Crippen molar-refractivity contribution in [3.8, 4) is 11.1 Å². The Morgan fingerprint density at radius 2 is 1.56 bits per heavy atom. The van der Waals surface area contributed by atoms with Crippen LogP contribution in [0.2, 0.25) is 0 Å². The molecule has 0 amide bonds. The molecule has 16 heavy (non-hydrogen) atoms. The normalized spacial score (nSPS) is 8.88. The topological polar surface area (TPSA) is 0 Å². The second-order valence-corrected chi connectivity index (χ2v) is 2.91. The second-order valence-electron chi connectivity index (χ2n) is 2.91. The number of hydrogen-bond donors (Lipinski definition) is 0. The third-order valence-corrected chi connectivity index (χ3v) is 1.96. The minimum Gasteiger partial charge on any atom is -1.00 e. The minimum atomic E-state index is -0.561. The molecule has 78 valence electrons. The molecular formula is C12H7BrF2Mg. The maximum atomic E-state index is 13.3. The molecule has 0 N–H and O–H groups in total. The van der Waals surface area contributed by atoms with E-state index in [0.717, 1.165) is 11.6 Å². The van der Waals surface area contributed by atoms with Gasteiger partial charge < -0.3 is 17.0 Å². The zero-order chi connectivity index (χ0) is 9.97. The van der Waals surface area contributed by atoms with Crippen molar-refractivity contribution in [1.82, 2.24) is 0 Å². The third kappa shape index (κ3) is 3.54. The summed E-state index contributed by atoms with van der Waals surface area (Å²) in [6.45, 7) is 0. The van der Waals surface area contributed by atoms with Crippen molar-refractivity contribution in [1.29, 1.82) is 0 Å². The van der Waals surface area contributed by atoms with E-state index in [1.54, 1.807) is 24.3 Å². The molecule has 0 bridgehead atoms. The van der Waals surface area contributed by atoms with E-state index >= 15 is 0 Å². The van der Waals surface area contributed by atoms with Gasteiger partial charge in [-0.05, 0) is 11.6 Å². The third-order valence-electron chi connectivity index (χ3n) is 1.96. The van der Waals surface area contributed by atoms with E-state index in [1.165, 1.54) is 12.1 Å². The molecule has 0 heterocycles. The van der Waals surface area contributed by atoms with Crippen LogP contribution in [0.3, 0.4) is 0 Å². The van der Waals surface area contributed by atoms with Gasteiger partial charge in [0.25, 0.3) is 0 Å². The molecule has 2 aromatic carbocycles. The van der Waals surface area contributed by atoms with Crippen LogP contribution >= 0.6 is 0 Å². The van der Waals surface area contributed by atoms with E-state index in [4.69, 9.17) is 0 Å². The van der Waals surface area contributed by atoms with Crippen molar-refractivity contribution < 1.29 is 25.8 Å². The van der Waals surface area contributed by atoms with Crippen LogP contribution in [0.5, 0.6) is 0 Å². The van der Waals surface area contributed by atoms with Gasteiger partial charge in [0.15, 0.2) is 0 Å². The van der Waals surface area contributed by atoms with Crippen LogP contribution in [-0.2, 0) is 0 Å². The number of halogens is 3. The van der Waals surface area contributed by atoms with Gasteiger partial charge in [0.05, 0.1) is 0 Å². The molecule has 0 unspecified atom stereocenters. The largest absolute Gasteiger partial charge is 2.00 e. The first-order valence-electron chi connectivity index (χ1n) is 4.19. The predicted molar refractivity (Wildman–Crippen MR) is 56.4 cm³/mol. The van der Waals surface area contributed by atoms with Crippen molar-refractivity contribution in [3.05, 3.63) is 60.2 Å². The maximum absolute atomic E-state index is 13.3. The van der Waals surface area contributed by atoms with Crippen LogP contribution in [-0.4, -0.2) is 23.1 Å². The zero-order valence-corrected chi connectivity index (χ0v) is 11.4. The van der Waals surface area contributed by atoms with Crippen molar-refractivity contribution >= 4 is 23.1 Å². The Morgan fingerprint density at radius 3 is 2.12 bits per heavy atom. The monoisotopic (exact) mass is 292 g/mol. The first-order valence-corrected chi connectivity index (χ1v) is 4.19. The minimum absolute atomic E-state index is 0. The summed E-state index contributed by atoms with van der Waals surface area (Å²) >= 11 is 0.